The zero-order valence-electron chi connectivity index (χ0n) is 10.1. The third-order valence-electron chi connectivity index (χ3n) is 2.50. The van der Waals surface area contributed by atoms with Gasteiger partial charge in [0.15, 0.2) is 0 Å². The van der Waals surface area contributed by atoms with E-state index in [0.29, 0.717) is 12.1 Å². The van der Waals surface area contributed by atoms with Crippen molar-refractivity contribution in [3.8, 4) is 0 Å². The van der Waals surface area contributed by atoms with Crippen LogP contribution in [0.25, 0.3) is 0 Å². The Bertz CT molecular complexity index is 473. The fourth-order valence-electron chi connectivity index (χ4n) is 1.49. The highest BCUT2D eigenvalue weighted by molar-refractivity contribution is 6.30. The fraction of sp³-hybridized carbons (Fsp3) is 0.417. The van der Waals surface area contributed by atoms with Crippen molar-refractivity contribution in [2.75, 3.05) is 0 Å². The number of alkyl halides is 7. The zero-order valence-corrected chi connectivity index (χ0v) is 10.8. The van der Waals surface area contributed by atoms with Crippen molar-refractivity contribution in [2.45, 2.75) is 31.1 Å². The lowest BCUT2D eigenvalue weighted by atomic mass is 10.0. The van der Waals surface area contributed by atoms with Crippen LogP contribution in [0, 0.1) is 0 Å². The van der Waals surface area contributed by atoms with Gasteiger partial charge in [0.25, 0.3) is 0 Å². The largest absolute Gasteiger partial charge is 0.416 e. The fourth-order valence-corrected chi connectivity index (χ4v) is 1.67. The van der Waals surface area contributed by atoms with E-state index in [1.807, 2.05) is 0 Å². The van der Waals surface area contributed by atoms with Gasteiger partial charge in [0.1, 0.15) is 5.78 Å². The Morgan fingerprint density at radius 3 is 1.75 bits per heavy atom. The van der Waals surface area contributed by atoms with Gasteiger partial charge in [0.2, 0.25) is 0 Å². The van der Waals surface area contributed by atoms with Crippen LogP contribution in [0.15, 0.2) is 18.2 Å². The second-order valence-electron chi connectivity index (χ2n) is 4.20. The van der Waals surface area contributed by atoms with E-state index in [1.54, 1.807) is 0 Å². The third kappa shape index (κ3) is 4.40. The van der Waals surface area contributed by atoms with Gasteiger partial charge in [-0.2, -0.15) is 26.3 Å². The van der Waals surface area contributed by atoms with Gasteiger partial charge in [-0.15, -0.1) is 11.6 Å². The van der Waals surface area contributed by atoms with Crippen LogP contribution in [0.2, 0.25) is 0 Å². The Balaban J connectivity index is 3.28. The van der Waals surface area contributed by atoms with E-state index < -0.39 is 41.1 Å². The Hall–Kier alpha value is -1.24. The molecule has 0 saturated carbocycles. The molecule has 1 rings (SSSR count). The SMILES string of the molecule is CC(=O)[C@H](Cl)Cc1cc(C(F)(F)F)cc(C(F)(F)F)c1. The van der Waals surface area contributed by atoms with Crippen molar-refractivity contribution in [2.24, 2.45) is 0 Å². The summed E-state index contributed by atoms with van der Waals surface area (Å²) in [6, 6.07) is 1.15. The summed E-state index contributed by atoms with van der Waals surface area (Å²) in [5.74, 6) is -0.530. The van der Waals surface area contributed by atoms with Crippen LogP contribution in [-0.2, 0) is 23.6 Å². The molecule has 0 saturated heterocycles. The maximum Gasteiger partial charge on any atom is 0.416 e. The van der Waals surface area contributed by atoms with Crippen molar-refractivity contribution in [3.05, 3.63) is 34.9 Å². The van der Waals surface area contributed by atoms with E-state index in [4.69, 9.17) is 11.6 Å². The molecule has 0 aliphatic rings. The van der Waals surface area contributed by atoms with Crippen molar-refractivity contribution in [1.82, 2.24) is 0 Å². The van der Waals surface area contributed by atoms with Gasteiger partial charge < -0.3 is 0 Å². The average Bonchev–Trinajstić information content (AvgIpc) is 2.26. The van der Waals surface area contributed by atoms with E-state index in [2.05, 4.69) is 0 Å². The molecule has 0 aromatic heterocycles. The summed E-state index contributed by atoms with van der Waals surface area (Å²) in [5.41, 5.74) is -3.13. The molecule has 20 heavy (non-hydrogen) atoms. The van der Waals surface area contributed by atoms with E-state index in [1.165, 1.54) is 0 Å². The average molecular weight is 319 g/mol. The molecule has 0 fully saturated rings. The molecule has 112 valence electrons. The minimum Gasteiger partial charge on any atom is -0.298 e. The molecule has 0 aliphatic carbocycles. The summed E-state index contributed by atoms with van der Waals surface area (Å²) >= 11 is 5.57. The summed E-state index contributed by atoms with van der Waals surface area (Å²) in [7, 11) is 0. The summed E-state index contributed by atoms with van der Waals surface area (Å²) in [6.45, 7) is 1.11. The summed E-state index contributed by atoms with van der Waals surface area (Å²) in [5, 5.41) is -1.17. The molecule has 1 aromatic carbocycles. The second-order valence-corrected chi connectivity index (χ2v) is 4.72. The third-order valence-corrected chi connectivity index (χ3v) is 2.97. The predicted octanol–water partition coefficient (Wildman–Crippen LogP) is 4.46. The minimum atomic E-state index is -4.91. The first-order chi connectivity index (χ1) is 8.91. The quantitative estimate of drug-likeness (QED) is 0.594. The normalized spacial score (nSPS) is 14.2. The van der Waals surface area contributed by atoms with E-state index >= 15 is 0 Å². The highest BCUT2D eigenvalue weighted by Crippen LogP contribution is 2.36. The predicted molar refractivity (Wildman–Crippen MR) is 60.5 cm³/mol. The smallest absolute Gasteiger partial charge is 0.298 e. The van der Waals surface area contributed by atoms with E-state index in [0.717, 1.165) is 6.92 Å². The van der Waals surface area contributed by atoms with E-state index in [9.17, 15) is 31.1 Å². The first-order valence-electron chi connectivity index (χ1n) is 5.34. The van der Waals surface area contributed by atoms with Crippen molar-refractivity contribution >= 4 is 17.4 Å². The van der Waals surface area contributed by atoms with Crippen LogP contribution in [-0.4, -0.2) is 11.2 Å². The molecular weight excluding hydrogens is 310 g/mol. The van der Waals surface area contributed by atoms with Crippen LogP contribution in [0.3, 0.4) is 0 Å². The van der Waals surface area contributed by atoms with Crippen molar-refractivity contribution in [3.63, 3.8) is 0 Å². The number of Topliss-reactive ketones (excluding diaryl/α,β-unsaturated/α-hetero) is 1. The molecule has 1 aromatic rings. The number of carbonyl (C=O) groups excluding carboxylic acids is 1. The van der Waals surface area contributed by atoms with Gasteiger partial charge in [-0.05, 0) is 37.1 Å². The molecule has 0 spiro atoms. The van der Waals surface area contributed by atoms with Gasteiger partial charge in [-0.3, -0.25) is 4.79 Å². The number of rotatable bonds is 3. The van der Waals surface area contributed by atoms with Crippen LogP contribution in [0.1, 0.15) is 23.6 Å². The number of hydrogen-bond acceptors (Lipinski definition) is 1. The lowest BCUT2D eigenvalue weighted by molar-refractivity contribution is -0.143. The van der Waals surface area contributed by atoms with Crippen LogP contribution in [0.5, 0.6) is 0 Å². The first-order valence-corrected chi connectivity index (χ1v) is 5.78. The molecular formula is C12H9ClF6O. The first kappa shape index (κ1) is 16.8. The molecule has 0 amide bonds. The lowest BCUT2D eigenvalue weighted by Gasteiger charge is -2.15. The minimum absolute atomic E-state index is 0.0283. The number of ketones is 1. The number of benzene rings is 1. The van der Waals surface area contributed by atoms with Gasteiger partial charge in [0, 0.05) is 0 Å². The molecule has 0 unspecified atom stereocenters. The molecule has 1 nitrogen and oxygen atoms in total. The van der Waals surface area contributed by atoms with E-state index in [-0.39, 0.29) is 11.6 Å². The van der Waals surface area contributed by atoms with Crippen LogP contribution >= 0.6 is 11.6 Å². The molecule has 1 atom stereocenters. The summed E-state index contributed by atoms with van der Waals surface area (Å²) in [4.78, 5) is 10.9. The monoisotopic (exact) mass is 318 g/mol. The highest BCUT2D eigenvalue weighted by Gasteiger charge is 2.37. The molecule has 8 heteroatoms. The maximum atomic E-state index is 12.6. The molecule has 0 bridgehead atoms. The molecule has 0 radical (unpaired) electrons. The van der Waals surface area contributed by atoms with Crippen molar-refractivity contribution < 1.29 is 31.1 Å². The Morgan fingerprint density at radius 1 is 1.05 bits per heavy atom. The van der Waals surface area contributed by atoms with Crippen LogP contribution in [0.4, 0.5) is 26.3 Å². The zero-order chi connectivity index (χ0) is 15.7. The summed E-state index contributed by atoms with van der Waals surface area (Å²) < 4.78 is 75.4. The molecule has 0 aliphatic heterocycles. The van der Waals surface area contributed by atoms with Gasteiger partial charge in [-0.1, -0.05) is 0 Å². The number of carbonyl (C=O) groups is 1. The Morgan fingerprint density at radius 2 is 1.45 bits per heavy atom. The van der Waals surface area contributed by atoms with Gasteiger partial charge >= 0.3 is 12.4 Å². The standard InChI is InChI=1S/C12H9ClF6O/c1-6(20)10(13)4-7-2-8(11(14,15)16)5-9(3-7)12(17,18)19/h2-3,5,10H,4H2,1H3/t10-/m1/s1. The summed E-state index contributed by atoms with van der Waals surface area (Å²) in [6.07, 6.45) is -10.2. The Kier molecular flexibility index (Phi) is 4.74. The lowest BCUT2D eigenvalue weighted by Crippen LogP contribution is -2.16. The number of hydrogen-bond donors (Lipinski definition) is 0. The highest BCUT2D eigenvalue weighted by atomic mass is 35.5. The number of halogens is 7. The van der Waals surface area contributed by atoms with Gasteiger partial charge in [0.05, 0.1) is 16.5 Å². The second kappa shape index (κ2) is 5.63. The molecule has 0 heterocycles. The molecule has 0 N–H and O–H groups in total. The topological polar surface area (TPSA) is 17.1 Å². The van der Waals surface area contributed by atoms with Crippen molar-refractivity contribution in [1.29, 1.82) is 0 Å². The Labute approximate surface area is 115 Å². The maximum absolute atomic E-state index is 12.6. The van der Waals surface area contributed by atoms with Crippen LogP contribution < -0.4 is 0 Å². The van der Waals surface area contributed by atoms with Gasteiger partial charge in [-0.25, -0.2) is 0 Å².